The van der Waals surface area contributed by atoms with Crippen LogP contribution in [0.3, 0.4) is 0 Å². The van der Waals surface area contributed by atoms with Gasteiger partial charge in [0.2, 0.25) is 5.91 Å². The van der Waals surface area contributed by atoms with Crippen molar-refractivity contribution in [2.45, 2.75) is 45.6 Å². The van der Waals surface area contributed by atoms with Gasteiger partial charge in [-0.2, -0.15) is 5.10 Å². The molecule has 0 radical (unpaired) electrons. The van der Waals surface area contributed by atoms with E-state index in [4.69, 9.17) is 4.74 Å². The Balaban J connectivity index is 1.71. The molecule has 1 amide bonds. The summed E-state index contributed by atoms with van der Waals surface area (Å²) in [6.07, 6.45) is 5.86. The zero-order valence-electron chi connectivity index (χ0n) is 14.7. The molecule has 1 aliphatic carbocycles. The molecule has 2 aliphatic rings. The number of carbonyl (C=O) groups excluding carboxylic acids is 1. The van der Waals surface area contributed by atoms with Gasteiger partial charge in [-0.25, -0.2) is 5.43 Å². The van der Waals surface area contributed by atoms with E-state index in [-0.39, 0.29) is 11.8 Å². The van der Waals surface area contributed by atoms with E-state index in [9.17, 15) is 4.79 Å². The molecule has 1 saturated carbocycles. The van der Waals surface area contributed by atoms with Crippen LogP contribution in [0.25, 0.3) is 0 Å². The van der Waals surface area contributed by atoms with Crippen molar-refractivity contribution in [1.29, 1.82) is 0 Å². The Morgan fingerprint density at radius 2 is 2.04 bits per heavy atom. The summed E-state index contributed by atoms with van der Waals surface area (Å²) >= 11 is 0. The van der Waals surface area contributed by atoms with Crippen LogP contribution < -0.4 is 10.2 Å². The average Bonchev–Trinajstić information content (AvgIpc) is 3.45. The van der Waals surface area contributed by atoms with Crippen molar-refractivity contribution in [3.63, 3.8) is 0 Å². The number of carbonyl (C=O) groups is 1. The van der Waals surface area contributed by atoms with Crippen LogP contribution in [0.15, 0.2) is 23.3 Å². The molecule has 0 bridgehead atoms. The van der Waals surface area contributed by atoms with Gasteiger partial charge in [0.15, 0.2) is 0 Å². The van der Waals surface area contributed by atoms with Gasteiger partial charge in [0, 0.05) is 18.0 Å². The van der Waals surface area contributed by atoms with Crippen molar-refractivity contribution in [1.82, 2.24) is 10.3 Å². The van der Waals surface area contributed by atoms with E-state index in [1.807, 2.05) is 19.1 Å². The lowest BCUT2D eigenvalue weighted by Crippen LogP contribution is -2.29. The highest BCUT2D eigenvalue weighted by molar-refractivity contribution is 5.99. The molecule has 1 heterocycles. The lowest BCUT2D eigenvalue weighted by Gasteiger charge is -2.27. The lowest BCUT2D eigenvalue weighted by atomic mass is 10.0. The normalized spacial score (nSPS) is 19.2. The molecule has 2 fully saturated rings. The zero-order valence-corrected chi connectivity index (χ0v) is 14.7. The highest BCUT2D eigenvalue weighted by atomic mass is 16.5. The quantitative estimate of drug-likeness (QED) is 0.645. The summed E-state index contributed by atoms with van der Waals surface area (Å²) in [5, 5.41) is 4.26. The first-order valence-corrected chi connectivity index (χ1v) is 8.91. The number of ether oxygens (including phenoxy) is 1. The van der Waals surface area contributed by atoms with E-state index in [1.165, 1.54) is 24.8 Å². The Hall–Kier alpha value is -1.88. The summed E-state index contributed by atoms with van der Waals surface area (Å²) in [6.45, 7) is 5.13. The highest BCUT2D eigenvalue weighted by Crippen LogP contribution is 2.28. The van der Waals surface area contributed by atoms with Crippen LogP contribution in [0.2, 0.25) is 0 Å². The number of benzene rings is 1. The number of hydrogen-bond donors (Lipinski definition) is 1. The monoisotopic (exact) mass is 329 g/mol. The van der Waals surface area contributed by atoms with E-state index in [2.05, 4.69) is 21.5 Å². The molecule has 1 aromatic rings. The van der Waals surface area contributed by atoms with Gasteiger partial charge in [0.25, 0.3) is 0 Å². The number of nitrogens with one attached hydrogen (secondary N) is 1. The summed E-state index contributed by atoms with van der Waals surface area (Å²) < 4.78 is 5.52. The number of likely N-dealkylation sites (tertiary alicyclic amines) is 1. The number of methoxy groups -OCH3 is 1. The second kappa shape index (κ2) is 7.79. The predicted octanol–water partition coefficient (Wildman–Crippen LogP) is 2.93. The molecule has 130 valence electrons. The maximum absolute atomic E-state index is 11.7. The largest absolute Gasteiger partial charge is 0.496 e. The molecule has 0 spiro atoms. The van der Waals surface area contributed by atoms with Crippen LogP contribution >= 0.6 is 0 Å². The molecule has 1 aliphatic heterocycles. The third-order valence-corrected chi connectivity index (χ3v) is 4.82. The minimum Gasteiger partial charge on any atom is -0.496 e. The van der Waals surface area contributed by atoms with Crippen LogP contribution in [0, 0.1) is 5.92 Å². The number of nitrogens with zero attached hydrogens (tertiary/aromatic N) is 2. The van der Waals surface area contributed by atoms with E-state index < -0.39 is 0 Å². The van der Waals surface area contributed by atoms with Crippen LogP contribution in [0.4, 0.5) is 0 Å². The Bertz CT molecular complexity index is 617. The summed E-state index contributed by atoms with van der Waals surface area (Å²) in [6, 6.07) is 6.13. The third kappa shape index (κ3) is 4.35. The predicted molar refractivity (Wildman–Crippen MR) is 95.2 cm³/mol. The zero-order chi connectivity index (χ0) is 16.9. The van der Waals surface area contributed by atoms with E-state index in [0.717, 1.165) is 49.5 Å². The Morgan fingerprint density at radius 3 is 2.71 bits per heavy atom. The van der Waals surface area contributed by atoms with Gasteiger partial charge in [-0.15, -0.1) is 0 Å². The van der Waals surface area contributed by atoms with Crippen molar-refractivity contribution in [3.8, 4) is 5.75 Å². The van der Waals surface area contributed by atoms with Crippen molar-refractivity contribution in [3.05, 3.63) is 29.3 Å². The summed E-state index contributed by atoms with van der Waals surface area (Å²) in [4.78, 5) is 14.2. The maximum Gasteiger partial charge on any atom is 0.243 e. The first-order chi connectivity index (χ1) is 11.7. The minimum atomic E-state index is 0.0383. The van der Waals surface area contributed by atoms with Gasteiger partial charge < -0.3 is 4.74 Å². The van der Waals surface area contributed by atoms with Gasteiger partial charge >= 0.3 is 0 Å². The lowest BCUT2D eigenvalue weighted by molar-refractivity contribution is -0.122. The molecule has 0 unspecified atom stereocenters. The Kier molecular flexibility index (Phi) is 5.51. The van der Waals surface area contributed by atoms with Gasteiger partial charge in [0.05, 0.1) is 12.8 Å². The van der Waals surface area contributed by atoms with E-state index >= 15 is 0 Å². The summed E-state index contributed by atoms with van der Waals surface area (Å²) in [5.74, 6) is 1.13. The van der Waals surface area contributed by atoms with Crippen molar-refractivity contribution in [2.75, 3.05) is 20.2 Å². The van der Waals surface area contributed by atoms with Crippen LogP contribution in [0.1, 0.15) is 50.2 Å². The summed E-state index contributed by atoms with van der Waals surface area (Å²) in [5.41, 5.74) is 5.71. The molecule has 5 heteroatoms. The fourth-order valence-corrected chi connectivity index (χ4v) is 3.13. The molecule has 0 atom stereocenters. The van der Waals surface area contributed by atoms with Crippen molar-refractivity contribution < 1.29 is 9.53 Å². The fraction of sp³-hybridized carbons (Fsp3) is 0.579. The number of hydrogen-bond acceptors (Lipinski definition) is 4. The van der Waals surface area contributed by atoms with Gasteiger partial charge in [0.1, 0.15) is 5.75 Å². The number of amides is 1. The van der Waals surface area contributed by atoms with Crippen LogP contribution in [0.5, 0.6) is 5.75 Å². The number of rotatable bonds is 6. The SMILES string of the molecule is COc1ccc(/C(C)=N\NC(=O)C2CC2)cc1CN1CCCCC1. The third-order valence-electron chi connectivity index (χ3n) is 4.82. The molecule has 1 aromatic carbocycles. The molecule has 0 aromatic heterocycles. The smallest absolute Gasteiger partial charge is 0.243 e. The number of piperidine rings is 1. The standard InChI is InChI=1S/C19H27N3O2/c1-14(20-21-19(23)15-6-7-15)16-8-9-18(24-2)17(12-16)13-22-10-4-3-5-11-22/h8-9,12,15H,3-7,10-11,13H2,1-2H3,(H,21,23)/b20-14-. The van der Waals surface area contributed by atoms with Gasteiger partial charge in [-0.05, 0) is 69.5 Å². The van der Waals surface area contributed by atoms with Gasteiger partial charge in [-0.1, -0.05) is 6.42 Å². The number of hydrazone groups is 1. The Morgan fingerprint density at radius 1 is 1.29 bits per heavy atom. The molecule has 24 heavy (non-hydrogen) atoms. The highest BCUT2D eigenvalue weighted by Gasteiger charge is 2.29. The molecule has 1 N–H and O–H groups in total. The molecule has 3 rings (SSSR count). The molecule has 1 saturated heterocycles. The molecule has 5 nitrogen and oxygen atoms in total. The van der Waals surface area contributed by atoms with E-state index in [0.29, 0.717) is 0 Å². The average molecular weight is 329 g/mol. The topological polar surface area (TPSA) is 53.9 Å². The van der Waals surface area contributed by atoms with Crippen molar-refractivity contribution >= 4 is 11.6 Å². The van der Waals surface area contributed by atoms with Gasteiger partial charge in [-0.3, -0.25) is 9.69 Å². The van der Waals surface area contributed by atoms with Crippen molar-refractivity contribution in [2.24, 2.45) is 11.0 Å². The maximum atomic E-state index is 11.7. The van der Waals surface area contributed by atoms with E-state index in [1.54, 1.807) is 7.11 Å². The molecular formula is C19H27N3O2. The van der Waals surface area contributed by atoms with Crippen LogP contribution in [-0.2, 0) is 11.3 Å². The summed E-state index contributed by atoms with van der Waals surface area (Å²) in [7, 11) is 1.71. The second-order valence-corrected chi connectivity index (χ2v) is 6.81. The Labute approximate surface area is 144 Å². The minimum absolute atomic E-state index is 0.0383. The first-order valence-electron chi connectivity index (χ1n) is 8.91. The fourth-order valence-electron chi connectivity index (χ4n) is 3.13. The second-order valence-electron chi connectivity index (χ2n) is 6.81. The molecular weight excluding hydrogens is 302 g/mol. The van der Waals surface area contributed by atoms with Crippen LogP contribution in [-0.4, -0.2) is 36.7 Å². The first kappa shape index (κ1) is 17.0.